The van der Waals surface area contributed by atoms with E-state index in [2.05, 4.69) is 22.0 Å². The molecular weight excluding hydrogens is 243 g/mol. The third-order valence-electron chi connectivity index (χ3n) is 3.72. The molecule has 0 radical (unpaired) electrons. The Bertz CT molecular complexity index is 378. The molecule has 74 valence electrons. The van der Waals surface area contributed by atoms with Gasteiger partial charge < -0.3 is 0 Å². The molecule has 3 aliphatic carbocycles. The van der Waals surface area contributed by atoms with Gasteiger partial charge in [0, 0.05) is 4.47 Å². The fraction of sp³-hybridized carbons (Fsp3) is 0.500. The summed E-state index contributed by atoms with van der Waals surface area (Å²) in [4.78, 5) is 0. The zero-order valence-electron chi connectivity index (χ0n) is 7.89. The second-order valence-electron chi connectivity index (χ2n) is 4.47. The average Bonchev–Trinajstić information content (AvgIpc) is 2.19. The Morgan fingerprint density at radius 3 is 2.71 bits per heavy atom. The lowest BCUT2D eigenvalue weighted by Crippen LogP contribution is -2.34. The normalized spacial score (nSPS) is 34.3. The van der Waals surface area contributed by atoms with Gasteiger partial charge in [0.25, 0.3) is 0 Å². The Balaban J connectivity index is 2.23. The largest absolute Gasteiger partial charge is 0.239 e. The minimum Gasteiger partial charge on any atom is -0.239 e. The number of benzene rings is 1. The van der Waals surface area contributed by atoms with Crippen LogP contribution in [-0.4, -0.2) is 0 Å². The van der Waals surface area contributed by atoms with Gasteiger partial charge in [-0.25, -0.2) is 4.39 Å². The lowest BCUT2D eigenvalue weighted by Gasteiger charge is -2.42. The van der Waals surface area contributed by atoms with Crippen molar-refractivity contribution in [3.8, 4) is 0 Å². The van der Waals surface area contributed by atoms with Crippen LogP contribution in [-0.2, 0) is 5.67 Å². The van der Waals surface area contributed by atoms with Crippen molar-refractivity contribution in [3.63, 3.8) is 0 Å². The predicted molar refractivity (Wildman–Crippen MR) is 58.1 cm³/mol. The highest BCUT2D eigenvalue weighted by atomic mass is 79.9. The Kier molecular flexibility index (Phi) is 1.79. The summed E-state index contributed by atoms with van der Waals surface area (Å²) in [5, 5.41) is 0. The van der Waals surface area contributed by atoms with Gasteiger partial charge in [-0.1, -0.05) is 22.0 Å². The molecule has 0 saturated heterocycles. The molecule has 2 heteroatoms. The summed E-state index contributed by atoms with van der Waals surface area (Å²) in [6.45, 7) is 0. The van der Waals surface area contributed by atoms with Crippen molar-refractivity contribution in [1.29, 1.82) is 0 Å². The summed E-state index contributed by atoms with van der Waals surface area (Å²) in [5.41, 5.74) is 1.19. The fourth-order valence-corrected chi connectivity index (χ4v) is 3.29. The number of rotatable bonds is 0. The van der Waals surface area contributed by atoms with Crippen LogP contribution in [0.4, 0.5) is 4.39 Å². The monoisotopic (exact) mass is 254 g/mol. The summed E-state index contributed by atoms with van der Waals surface area (Å²) in [5.74, 6) is 0.621. The van der Waals surface area contributed by atoms with Crippen molar-refractivity contribution in [2.24, 2.45) is 0 Å². The highest BCUT2D eigenvalue weighted by Crippen LogP contribution is 2.54. The van der Waals surface area contributed by atoms with E-state index in [1.807, 2.05) is 12.1 Å². The van der Waals surface area contributed by atoms with Crippen LogP contribution in [0.25, 0.3) is 0 Å². The maximum atomic E-state index is 14.5. The molecule has 0 amide bonds. The van der Waals surface area contributed by atoms with E-state index in [9.17, 15) is 4.39 Å². The molecule has 0 N–H and O–H groups in total. The predicted octanol–water partition coefficient (Wildman–Crippen LogP) is 4.29. The summed E-state index contributed by atoms with van der Waals surface area (Å²) in [6, 6.07) is 6.10. The molecule has 14 heavy (non-hydrogen) atoms. The third-order valence-corrected chi connectivity index (χ3v) is 4.21. The molecular formula is C12H12BrF. The van der Waals surface area contributed by atoms with Crippen molar-refractivity contribution < 1.29 is 4.39 Å². The Hall–Kier alpha value is -0.370. The summed E-state index contributed by atoms with van der Waals surface area (Å²) in [6.07, 6.45) is 3.51. The van der Waals surface area contributed by atoms with E-state index in [0.717, 1.165) is 35.7 Å². The van der Waals surface area contributed by atoms with Crippen LogP contribution < -0.4 is 0 Å². The van der Waals surface area contributed by atoms with Crippen LogP contribution in [0.5, 0.6) is 0 Å². The van der Waals surface area contributed by atoms with E-state index in [1.165, 1.54) is 5.56 Å². The second-order valence-corrected chi connectivity index (χ2v) is 5.39. The summed E-state index contributed by atoms with van der Waals surface area (Å²) >= 11 is 3.42. The second kappa shape index (κ2) is 2.82. The Labute approximate surface area is 91.6 Å². The molecule has 0 unspecified atom stereocenters. The molecule has 1 aromatic carbocycles. The molecule has 1 aromatic rings. The quantitative estimate of drug-likeness (QED) is 0.648. The van der Waals surface area contributed by atoms with Crippen LogP contribution in [0.2, 0.25) is 0 Å². The van der Waals surface area contributed by atoms with E-state index in [0.29, 0.717) is 5.92 Å². The van der Waals surface area contributed by atoms with Crippen molar-refractivity contribution in [2.45, 2.75) is 37.3 Å². The van der Waals surface area contributed by atoms with Gasteiger partial charge in [0.1, 0.15) is 5.67 Å². The van der Waals surface area contributed by atoms with Gasteiger partial charge >= 0.3 is 0 Å². The lowest BCUT2D eigenvalue weighted by molar-refractivity contribution is 0.0770. The number of hydrogen-bond acceptors (Lipinski definition) is 0. The lowest BCUT2D eigenvalue weighted by atomic mass is 9.65. The van der Waals surface area contributed by atoms with E-state index < -0.39 is 5.67 Å². The van der Waals surface area contributed by atoms with Gasteiger partial charge in [0.15, 0.2) is 0 Å². The van der Waals surface area contributed by atoms with E-state index in [4.69, 9.17) is 0 Å². The molecule has 0 aromatic heterocycles. The highest BCUT2D eigenvalue weighted by molar-refractivity contribution is 9.10. The van der Waals surface area contributed by atoms with E-state index >= 15 is 0 Å². The zero-order chi connectivity index (χ0) is 9.76. The maximum absolute atomic E-state index is 14.5. The molecule has 0 aliphatic heterocycles. The van der Waals surface area contributed by atoms with Gasteiger partial charge in [-0.05, 0) is 54.9 Å². The molecule has 0 heterocycles. The Morgan fingerprint density at radius 2 is 2.00 bits per heavy atom. The fourth-order valence-electron chi connectivity index (χ4n) is 2.93. The number of fused-ring (bicyclic) bond motifs is 2. The molecule has 1 fully saturated rings. The smallest absolute Gasteiger partial charge is 0.136 e. The number of hydrogen-bond donors (Lipinski definition) is 0. The van der Waals surface area contributed by atoms with E-state index in [-0.39, 0.29) is 0 Å². The highest BCUT2D eigenvalue weighted by Gasteiger charge is 2.44. The molecule has 1 saturated carbocycles. The van der Waals surface area contributed by atoms with Crippen LogP contribution >= 0.6 is 15.9 Å². The SMILES string of the molecule is FC12CCC(CC1)c1ccc(Br)cc12. The molecule has 4 rings (SSSR count). The molecule has 3 aliphatic rings. The van der Waals surface area contributed by atoms with Crippen molar-refractivity contribution in [1.82, 2.24) is 0 Å². The van der Waals surface area contributed by atoms with Crippen LogP contribution in [0.3, 0.4) is 0 Å². The minimum atomic E-state index is -1.02. The first-order valence-corrected chi connectivity index (χ1v) is 5.97. The van der Waals surface area contributed by atoms with Crippen LogP contribution in [0.1, 0.15) is 42.7 Å². The summed E-state index contributed by atoms with van der Waals surface area (Å²) < 4.78 is 15.5. The van der Waals surface area contributed by atoms with Gasteiger partial charge in [0.2, 0.25) is 0 Å². The Morgan fingerprint density at radius 1 is 1.29 bits per heavy atom. The third kappa shape index (κ3) is 1.10. The summed E-state index contributed by atoms with van der Waals surface area (Å²) in [7, 11) is 0. The average molecular weight is 255 g/mol. The first-order valence-electron chi connectivity index (χ1n) is 5.18. The van der Waals surface area contributed by atoms with Gasteiger partial charge in [-0.3, -0.25) is 0 Å². The molecule has 0 spiro atoms. The van der Waals surface area contributed by atoms with Crippen molar-refractivity contribution >= 4 is 15.9 Å². The number of alkyl halides is 1. The standard InChI is InChI=1S/C12H12BrF/c13-9-1-2-10-8-3-5-12(14,6-4-8)11(10)7-9/h1-2,7-8H,3-6H2. The molecule has 2 bridgehead atoms. The topological polar surface area (TPSA) is 0 Å². The van der Waals surface area contributed by atoms with E-state index in [1.54, 1.807) is 0 Å². The maximum Gasteiger partial charge on any atom is 0.136 e. The minimum absolute atomic E-state index is 0.621. The van der Waals surface area contributed by atoms with Crippen LogP contribution in [0.15, 0.2) is 22.7 Å². The number of halogens is 2. The van der Waals surface area contributed by atoms with Gasteiger partial charge in [0.05, 0.1) is 0 Å². The molecule has 0 atom stereocenters. The zero-order valence-corrected chi connectivity index (χ0v) is 9.48. The van der Waals surface area contributed by atoms with Crippen molar-refractivity contribution in [3.05, 3.63) is 33.8 Å². The first-order chi connectivity index (χ1) is 6.69. The van der Waals surface area contributed by atoms with Gasteiger partial charge in [-0.15, -0.1) is 0 Å². The van der Waals surface area contributed by atoms with Crippen molar-refractivity contribution in [2.75, 3.05) is 0 Å². The first kappa shape index (κ1) is 8.90. The molecule has 0 nitrogen and oxygen atoms in total. The van der Waals surface area contributed by atoms with Crippen LogP contribution in [0, 0.1) is 0 Å². The van der Waals surface area contributed by atoms with Gasteiger partial charge in [-0.2, -0.15) is 0 Å².